The van der Waals surface area contributed by atoms with E-state index < -0.39 is 12.0 Å². The number of phenolic OH excluding ortho intramolecular Hbond substituents is 1. The first-order valence-corrected chi connectivity index (χ1v) is 6.94. The second-order valence-electron chi connectivity index (χ2n) is 4.91. The molecule has 24 heavy (non-hydrogen) atoms. The van der Waals surface area contributed by atoms with Gasteiger partial charge in [-0.3, -0.25) is 0 Å². The number of anilines is 1. The lowest BCUT2D eigenvalue weighted by atomic mass is 10.1. The van der Waals surface area contributed by atoms with Crippen molar-refractivity contribution >= 4 is 11.7 Å². The number of hydrogen-bond donors (Lipinski definition) is 3. The fraction of sp³-hybridized carbons (Fsp3) is 0.176. The average molecular weight is 328 g/mol. The van der Waals surface area contributed by atoms with Gasteiger partial charge in [-0.2, -0.15) is 5.26 Å². The molecule has 7 nitrogen and oxygen atoms in total. The van der Waals surface area contributed by atoms with Gasteiger partial charge in [0.25, 0.3) is 0 Å². The van der Waals surface area contributed by atoms with Crippen molar-refractivity contribution in [3.63, 3.8) is 0 Å². The molecule has 0 radical (unpaired) electrons. The highest BCUT2D eigenvalue weighted by Gasteiger charge is 2.22. The van der Waals surface area contributed by atoms with Crippen LogP contribution in [0.3, 0.4) is 0 Å². The standard InChI is InChI=1S/C17H16N2O5/c1-23-13-5-11(6-14(8-13)24-2)16(17(21)22)19-12-4-3-10(9-18)15(20)7-12/h3-8,16,19-20H,1-2H3,(H,21,22). The van der Waals surface area contributed by atoms with Crippen LogP contribution in [0.1, 0.15) is 17.2 Å². The largest absolute Gasteiger partial charge is 0.506 e. The average Bonchev–Trinajstić information content (AvgIpc) is 2.58. The van der Waals surface area contributed by atoms with Gasteiger partial charge in [-0.15, -0.1) is 0 Å². The molecule has 0 spiro atoms. The second-order valence-corrected chi connectivity index (χ2v) is 4.91. The van der Waals surface area contributed by atoms with Crippen LogP contribution < -0.4 is 14.8 Å². The summed E-state index contributed by atoms with van der Waals surface area (Å²) >= 11 is 0. The Hall–Kier alpha value is -3.40. The van der Waals surface area contributed by atoms with E-state index >= 15 is 0 Å². The van der Waals surface area contributed by atoms with Gasteiger partial charge in [0.1, 0.15) is 23.3 Å². The van der Waals surface area contributed by atoms with E-state index in [0.29, 0.717) is 22.7 Å². The number of hydrogen-bond acceptors (Lipinski definition) is 6. The number of nitriles is 1. The molecule has 2 aromatic carbocycles. The van der Waals surface area contributed by atoms with Crippen molar-refractivity contribution in [1.29, 1.82) is 5.26 Å². The number of carboxylic acid groups (broad SMARTS) is 1. The Labute approximate surface area is 138 Å². The van der Waals surface area contributed by atoms with Gasteiger partial charge in [-0.05, 0) is 29.8 Å². The van der Waals surface area contributed by atoms with Crippen molar-refractivity contribution in [1.82, 2.24) is 0 Å². The third kappa shape index (κ3) is 3.67. The van der Waals surface area contributed by atoms with Gasteiger partial charge in [-0.25, -0.2) is 4.79 Å². The van der Waals surface area contributed by atoms with E-state index in [9.17, 15) is 15.0 Å². The summed E-state index contributed by atoms with van der Waals surface area (Å²) in [5.74, 6) is -0.427. The Balaban J connectivity index is 2.39. The first-order chi connectivity index (χ1) is 11.5. The van der Waals surface area contributed by atoms with Crippen LogP contribution in [-0.2, 0) is 4.79 Å². The molecule has 1 atom stereocenters. The van der Waals surface area contributed by atoms with Crippen molar-refractivity contribution in [3.05, 3.63) is 47.5 Å². The zero-order valence-corrected chi connectivity index (χ0v) is 13.1. The molecule has 124 valence electrons. The van der Waals surface area contributed by atoms with E-state index in [1.165, 1.54) is 32.4 Å². The number of rotatable bonds is 6. The van der Waals surface area contributed by atoms with E-state index in [1.54, 1.807) is 18.2 Å². The minimum atomic E-state index is -1.12. The molecule has 0 amide bonds. The lowest BCUT2D eigenvalue weighted by Crippen LogP contribution is -2.20. The number of methoxy groups -OCH3 is 2. The number of nitrogens with zero attached hydrogens (tertiary/aromatic N) is 1. The zero-order valence-electron chi connectivity index (χ0n) is 13.1. The van der Waals surface area contributed by atoms with Gasteiger partial charge in [0.2, 0.25) is 0 Å². The Morgan fingerprint density at radius 2 is 1.79 bits per heavy atom. The Morgan fingerprint density at radius 3 is 2.25 bits per heavy atom. The van der Waals surface area contributed by atoms with Crippen molar-refractivity contribution < 1.29 is 24.5 Å². The maximum Gasteiger partial charge on any atom is 0.330 e. The first-order valence-electron chi connectivity index (χ1n) is 6.94. The van der Waals surface area contributed by atoms with E-state index in [-0.39, 0.29) is 11.3 Å². The zero-order chi connectivity index (χ0) is 17.7. The van der Waals surface area contributed by atoms with Gasteiger partial charge in [0.05, 0.1) is 19.8 Å². The summed E-state index contributed by atoms with van der Waals surface area (Å²) in [5, 5.41) is 30.9. The number of aliphatic carboxylic acids is 1. The summed E-state index contributed by atoms with van der Waals surface area (Å²) in [7, 11) is 2.95. The van der Waals surface area contributed by atoms with Gasteiger partial charge in [0, 0.05) is 17.8 Å². The van der Waals surface area contributed by atoms with Crippen molar-refractivity contribution in [3.8, 4) is 23.3 Å². The lowest BCUT2D eigenvalue weighted by molar-refractivity contribution is -0.138. The van der Waals surface area contributed by atoms with Crippen LogP contribution in [0.25, 0.3) is 0 Å². The highest BCUT2D eigenvalue weighted by molar-refractivity contribution is 5.80. The van der Waals surface area contributed by atoms with Gasteiger partial charge < -0.3 is 25.0 Å². The predicted octanol–water partition coefficient (Wildman–Crippen LogP) is 2.52. The Kier molecular flexibility index (Phi) is 5.12. The molecular formula is C17H16N2O5. The third-order valence-corrected chi connectivity index (χ3v) is 3.38. The normalized spacial score (nSPS) is 11.2. The lowest BCUT2D eigenvalue weighted by Gasteiger charge is -2.18. The van der Waals surface area contributed by atoms with Gasteiger partial charge >= 0.3 is 5.97 Å². The molecule has 3 N–H and O–H groups in total. The number of benzene rings is 2. The molecule has 0 aromatic heterocycles. The number of nitrogens with one attached hydrogen (secondary N) is 1. The van der Waals surface area contributed by atoms with Crippen LogP contribution in [-0.4, -0.2) is 30.4 Å². The number of aromatic hydroxyl groups is 1. The topological polar surface area (TPSA) is 112 Å². The van der Waals surface area contributed by atoms with Crippen LogP contribution in [0.15, 0.2) is 36.4 Å². The molecule has 0 saturated carbocycles. The molecule has 0 aliphatic rings. The molecule has 1 unspecified atom stereocenters. The van der Waals surface area contributed by atoms with Crippen molar-refractivity contribution in [2.75, 3.05) is 19.5 Å². The maximum atomic E-state index is 11.7. The minimum Gasteiger partial charge on any atom is -0.506 e. The predicted molar refractivity (Wildman–Crippen MR) is 86.4 cm³/mol. The summed E-state index contributed by atoms with van der Waals surface area (Å²) in [5.41, 5.74) is 0.888. The molecule has 7 heteroatoms. The smallest absolute Gasteiger partial charge is 0.330 e. The number of carboxylic acids is 1. The maximum absolute atomic E-state index is 11.7. The summed E-state index contributed by atoms with van der Waals surface area (Å²) < 4.78 is 10.3. The SMILES string of the molecule is COc1cc(OC)cc(C(Nc2ccc(C#N)c(O)c2)C(=O)O)c1. The minimum absolute atomic E-state index is 0.107. The van der Waals surface area contributed by atoms with E-state index in [0.717, 1.165) is 0 Å². The molecule has 0 aliphatic carbocycles. The molecule has 0 bridgehead atoms. The van der Waals surface area contributed by atoms with Crippen LogP contribution in [0.4, 0.5) is 5.69 Å². The Morgan fingerprint density at radius 1 is 1.17 bits per heavy atom. The van der Waals surface area contributed by atoms with Crippen molar-refractivity contribution in [2.24, 2.45) is 0 Å². The van der Waals surface area contributed by atoms with E-state index in [4.69, 9.17) is 14.7 Å². The quantitative estimate of drug-likeness (QED) is 0.747. The van der Waals surface area contributed by atoms with E-state index in [2.05, 4.69) is 5.32 Å². The summed E-state index contributed by atoms with van der Waals surface area (Å²) in [6, 6.07) is 9.76. The Bertz CT molecular complexity index is 776. The molecule has 0 saturated heterocycles. The number of phenols is 1. The highest BCUT2D eigenvalue weighted by Crippen LogP contribution is 2.30. The molecule has 0 heterocycles. The monoisotopic (exact) mass is 328 g/mol. The van der Waals surface area contributed by atoms with E-state index in [1.807, 2.05) is 6.07 Å². The van der Waals surface area contributed by atoms with Gasteiger partial charge in [0.15, 0.2) is 6.04 Å². The van der Waals surface area contributed by atoms with Crippen LogP contribution >= 0.6 is 0 Å². The number of ether oxygens (including phenoxy) is 2. The fourth-order valence-corrected chi connectivity index (χ4v) is 2.17. The summed E-state index contributed by atoms with van der Waals surface area (Å²) in [4.78, 5) is 11.7. The second kappa shape index (κ2) is 7.24. The number of carbonyl (C=O) groups is 1. The summed E-state index contributed by atoms with van der Waals surface area (Å²) in [6.45, 7) is 0. The third-order valence-electron chi connectivity index (χ3n) is 3.38. The molecule has 2 aromatic rings. The fourth-order valence-electron chi connectivity index (χ4n) is 2.17. The summed E-state index contributed by atoms with van der Waals surface area (Å²) in [6.07, 6.45) is 0. The van der Waals surface area contributed by atoms with Crippen molar-refractivity contribution in [2.45, 2.75) is 6.04 Å². The molecule has 2 rings (SSSR count). The first kappa shape index (κ1) is 17.0. The molecule has 0 aliphatic heterocycles. The van der Waals surface area contributed by atoms with Gasteiger partial charge in [-0.1, -0.05) is 0 Å². The molecular weight excluding hydrogens is 312 g/mol. The van der Waals surface area contributed by atoms with Crippen LogP contribution in [0.2, 0.25) is 0 Å². The van der Waals surface area contributed by atoms with Crippen LogP contribution in [0, 0.1) is 11.3 Å². The highest BCUT2D eigenvalue weighted by atomic mass is 16.5. The van der Waals surface area contributed by atoms with Crippen LogP contribution in [0.5, 0.6) is 17.2 Å². The molecule has 0 fully saturated rings.